The zero-order valence-electron chi connectivity index (χ0n) is 7.44. The monoisotopic (exact) mass is 198 g/mol. The summed E-state index contributed by atoms with van der Waals surface area (Å²) >= 11 is 1.29. The average molecular weight is 198 g/mol. The number of carboxylic acids is 1. The second kappa shape index (κ2) is 2.78. The van der Waals surface area contributed by atoms with Crippen molar-refractivity contribution in [3.8, 4) is 0 Å². The first-order valence-corrected chi connectivity index (χ1v) is 4.84. The van der Waals surface area contributed by atoms with Gasteiger partial charge in [0.15, 0.2) is 0 Å². The molecule has 1 N–H and O–H groups in total. The van der Waals surface area contributed by atoms with Crippen molar-refractivity contribution in [2.24, 2.45) is 0 Å². The number of carboxylic acid groups (broad SMARTS) is 1. The van der Waals surface area contributed by atoms with Crippen LogP contribution in [0.2, 0.25) is 0 Å². The summed E-state index contributed by atoms with van der Waals surface area (Å²) in [6.07, 6.45) is 0. The van der Waals surface area contributed by atoms with Gasteiger partial charge in [0.05, 0.1) is 5.69 Å². The van der Waals surface area contributed by atoms with Crippen LogP contribution in [0.25, 0.3) is 0 Å². The summed E-state index contributed by atoms with van der Waals surface area (Å²) in [5, 5.41) is 8.94. The number of carbonyl (C=O) groups is 1. The lowest BCUT2D eigenvalue weighted by Gasteiger charge is -2.13. The van der Waals surface area contributed by atoms with E-state index in [1.165, 1.54) is 11.3 Å². The van der Waals surface area contributed by atoms with E-state index >= 15 is 0 Å². The first-order valence-electron chi connectivity index (χ1n) is 4.02. The highest BCUT2D eigenvalue weighted by atomic mass is 32.1. The van der Waals surface area contributed by atoms with Gasteiger partial charge in [-0.2, -0.15) is 0 Å². The fourth-order valence-electron chi connectivity index (χ4n) is 1.47. The van der Waals surface area contributed by atoms with Gasteiger partial charge in [-0.15, -0.1) is 11.3 Å². The van der Waals surface area contributed by atoms with E-state index in [9.17, 15) is 4.79 Å². The molecule has 4 nitrogen and oxygen atoms in total. The van der Waals surface area contributed by atoms with Gasteiger partial charge in [-0.3, -0.25) is 4.90 Å². The van der Waals surface area contributed by atoms with E-state index < -0.39 is 5.97 Å². The molecule has 0 aromatic carbocycles. The zero-order valence-corrected chi connectivity index (χ0v) is 8.26. The molecule has 70 valence electrons. The van der Waals surface area contributed by atoms with Crippen molar-refractivity contribution in [3.05, 3.63) is 15.6 Å². The molecule has 1 aromatic heterocycles. The van der Waals surface area contributed by atoms with Crippen LogP contribution in [0, 0.1) is 0 Å². The summed E-state index contributed by atoms with van der Waals surface area (Å²) in [5.74, 6) is -0.922. The smallest absolute Gasteiger partial charge is 0.365 e. The fraction of sp³-hybridized carbons (Fsp3) is 0.500. The molecule has 0 radical (unpaired) electrons. The zero-order chi connectivity index (χ0) is 9.59. The van der Waals surface area contributed by atoms with Crippen molar-refractivity contribution in [2.75, 3.05) is 7.05 Å². The van der Waals surface area contributed by atoms with Crippen LogP contribution in [-0.2, 0) is 6.54 Å². The van der Waals surface area contributed by atoms with E-state index in [1.807, 2.05) is 7.05 Å². The molecule has 1 unspecified atom stereocenters. The normalized spacial score (nSPS) is 21.8. The van der Waals surface area contributed by atoms with Crippen LogP contribution < -0.4 is 0 Å². The molecule has 1 aliphatic heterocycles. The van der Waals surface area contributed by atoms with Gasteiger partial charge in [-0.05, 0) is 14.0 Å². The van der Waals surface area contributed by atoms with Crippen molar-refractivity contribution in [1.82, 2.24) is 9.88 Å². The number of aromatic nitrogens is 1. The summed E-state index contributed by atoms with van der Waals surface area (Å²) in [5.41, 5.74) is 0.928. The van der Waals surface area contributed by atoms with Crippen LogP contribution in [0.3, 0.4) is 0 Å². The molecule has 1 aromatic rings. The van der Waals surface area contributed by atoms with Crippen molar-refractivity contribution in [3.63, 3.8) is 0 Å². The van der Waals surface area contributed by atoms with Gasteiger partial charge < -0.3 is 5.11 Å². The van der Waals surface area contributed by atoms with Gasteiger partial charge in [-0.1, -0.05) is 0 Å². The van der Waals surface area contributed by atoms with E-state index in [1.54, 1.807) is 0 Å². The van der Waals surface area contributed by atoms with Gasteiger partial charge in [-0.25, -0.2) is 9.78 Å². The Labute approximate surface area is 79.8 Å². The lowest BCUT2D eigenvalue weighted by Crippen LogP contribution is -2.13. The van der Waals surface area contributed by atoms with Gasteiger partial charge in [0, 0.05) is 17.5 Å². The third-order valence-corrected chi connectivity index (χ3v) is 3.61. The first-order chi connectivity index (χ1) is 6.09. The first kappa shape index (κ1) is 8.65. The Kier molecular flexibility index (Phi) is 1.85. The predicted molar refractivity (Wildman–Crippen MR) is 49.0 cm³/mol. The second-order valence-electron chi connectivity index (χ2n) is 3.23. The molecular formula is C8H10N2O2S. The molecule has 2 heterocycles. The number of thiazole rings is 1. The predicted octanol–water partition coefficient (Wildman–Crippen LogP) is 1.35. The maximum absolute atomic E-state index is 10.6. The topological polar surface area (TPSA) is 53.4 Å². The molecule has 5 heteroatoms. The Morgan fingerprint density at radius 2 is 2.46 bits per heavy atom. The van der Waals surface area contributed by atoms with E-state index in [2.05, 4.69) is 16.8 Å². The second-order valence-corrected chi connectivity index (χ2v) is 4.26. The number of aromatic carboxylic acids is 1. The van der Waals surface area contributed by atoms with Crippen molar-refractivity contribution < 1.29 is 9.90 Å². The average Bonchev–Trinajstić information content (AvgIpc) is 2.55. The molecule has 1 aliphatic rings. The molecule has 2 rings (SSSR count). The minimum Gasteiger partial charge on any atom is -0.476 e. The SMILES string of the molecule is CC1c2sc(C(=O)O)nc2CN1C. The Balaban J connectivity index is 2.40. The summed E-state index contributed by atoms with van der Waals surface area (Å²) in [6.45, 7) is 2.83. The van der Waals surface area contributed by atoms with Crippen LogP contribution in [-0.4, -0.2) is 28.0 Å². The molecule has 13 heavy (non-hydrogen) atoms. The molecular weight excluding hydrogens is 188 g/mol. The highest BCUT2D eigenvalue weighted by Crippen LogP contribution is 2.35. The maximum atomic E-state index is 10.6. The van der Waals surface area contributed by atoms with Crippen molar-refractivity contribution in [1.29, 1.82) is 0 Å². The van der Waals surface area contributed by atoms with Gasteiger partial charge in [0.1, 0.15) is 0 Å². The van der Waals surface area contributed by atoms with Crippen LogP contribution in [0.4, 0.5) is 0 Å². The van der Waals surface area contributed by atoms with Crippen molar-refractivity contribution in [2.45, 2.75) is 19.5 Å². The summed E-state index contributed by atoms with van der Waals surface area (Å²) < 4.78 is 0. The standard InChI is InChI=1S/C8H10N2O2S/c1-4-6-5(3-10(4)2)9-7(13-6)8(11)12/h4H,3H2,1-2H3,(H,11,12). The molecule has 0 bridgehead atoms. The van der Waals surface area contributed by atoms with Gasteiger partial charge in [0.25, 0.3) is 0 Å². The molecule has 0 fully saturated rings. The maximum Gasteiger partial charge on any atom is 0.365 e. The van der Waals surface area contributed by atoms with Crippen LogP contribution in [0.5, 0.6) is 0 Å². The lowest BCUT2D eigenvalue weighted by atomic mass is 10.3. The van der Waals surface area contributed by atoms with E-state index in [-0.39, 0.29) is 5.01 Å². The van der Waals surface area contributed by atoms with E-state index in [4.69, 9.17) is 5.11 Å². The van der Waals surface area contributed by atoms with Crippen LogP contribution in [0.15, 0.2) is 0 Å². The molecule has 1 atom stereocenters. The van der Waals surface area contributed by atoms with Crippen LogP contribution >= 0.6 is 11.3 Å². The number of nitrogens with zero attached hydrogens (tertiary/aromatic N) is 2. The molecule has 0 spiro atoms. The molecule has 0 saturated heterocycles. The Morgan fingerprint density at radius 1 is 1.77 bits per heavy atom. The Morgan fingerprint density at radius 3 is 3.00 bits per heavy atom. The third-order valence-electron chi connectivity index (χ3n) is 2.35. The highest BCUT2D eigenvalue weighted by molar-refractivity contribution is 7.13. The van der Waals surface area contributed by atoms with Gasteiger partial charge in [0.2, 0.25) is 5.01 Å². The van der Waals surface area contributed by atoms with Crippen LogP contribution in [0.1, 0.15) is 33.3 Å². The third kappa shape index (κ3) is 1.24. The number of rotatable bonds is 1. The summed E-state index contributed by atoms with van der Waals surface area (Å²) in [6, 6.07) is 0.306. The number of fused-ring (bicyclic) bond motifs is 1. The number of hydrogen-bond acceptors (Lipinski definition) is 4. The number of hydrogen-bond donors (Lipinski definition) is 1. The fourth-order valence-corrected chi connectivity index (χ4v) is 2.50. The summed E-state index contributed by atoms with van der Waals surface area (Å²) in [4.78, 5) is 17.9. The highest BCUT2D eigenvalue weighted by Gasteiger charge is 2.29. The minimum absolute atomic E-state index is 0.213. The van der Waals surface area contributed by atoms with Gasteiger partial charge >= 0.3 is 5.97 Å². The molecule has 0 aliphatic carbocycles. The molecule has 0 saturated carbocycles. The molecule has 0 amide bonds. The summed E-state index contributed by atoms with van der Waals surface area (Å²) in [7, 11) is 2.01. The van der Waals surface area contributed by atoms with E-state index in [0.29, 0.717) is 6.04 Å². The Bertz CT molecular complexity index is 361. The largest absolute Gasteiger partial charge is 0.476 e. The lowest BCUT2D eigenvalue weighted by molar-refractivity contribution is 0.0696. The Hall–Kier alpha value is -0.940. The minimum atomic E-state index is -0.922. The quantitative estimate of drug-likeness (QED) is 0.740. The van der Waals surface area contributed by atoms with Crippen molar-refractivity contribution >= 4 is 17.3 Å². The van der Waals surface area contributed by atoms with E-state index in [0.717, 1.165) is 17.1 Å².